The third kappa shape index (κ3) is 6.92. The third-order valence-corrected chi connectivity index (χ3v) is 0.526. The number of hydrogen-bond donors (Lipinski definition) is 0. The van der Waals surface area contributed by atoms with Gasteiger partial charge in [0, 0.05) is 21.1 Å². The van der Waals surface area contributed by atoms with Crippen molar-refractivity contribution in [2.75, 3.05) is 14.2 Å². The summed E-state index contributed by atoms with van der Waals surface area (Å²) in [6.45, 7) is 3.43. The fourth-order valence-electron chi connectivity index (χ4n) is 0.0962. The molecule has 0 rings (SSSR count). The van der Waals surface area contributed by atoms with Crippen molar-refractivity contribution in [3.8, 4) is 0 Å². The standard InChI is InChI=1S/C4H9O2.Na.H/c1-4(5-2)6-3;;/h4H,1H2,2-3H3;;. The van der Waals surface area contributed by atoms with Crippen LogP contribution in [0.15, 0.2) is 0 Å². The molecule has 2 nitrogen and oxygen atoms in total. The van der Waals surface area contributed by atoms with Gasteiger partial charge in [-0.2, -0.15) is 0 Å². The Balaban J connectivity index is 0. The molecule has 3 heteroatoms. The van der Waals surface area contributed by atoms with Crippen molar-refractivity contribution in [1.29, 1.82) is 0 Å². The van der Waals surface area contributed by atoms with E-state index in [1.54, 1.807) is 14.2 Å². The van der Waals surface area contributed by atoms with E-state index in [0.29, 0.717) is 0 Å². The number of hydrogen-bond acceptors (Lipinski definition) is 2. The van der Waals surface area contributed by atoms with Crippen molar-refractivity contribution >= 4 is 29.6 Å². The summed E-state index contributed by atoms with van der Waals surface area (Å²) in [6.07, 6.45) is -0.315. The van der Waals surface area contributed by atoms with Crippen LogP contribution in [0, 0.1) is 6.92 Å². The van der Waals surface area contributed by atoms with Crippen LogP contribution in [0.5, 0.6) is 0 Å². The molecule has 0 aliphatic heterocycles. The van der Waals surface area contributed by atoms with Gasteiger partial charge in [-0.3, -0.25) is 0 Å². The monoisotopic (exact) mass is 113 g/mol. The Hall–Kier alpha value is 0.920. The molecule has 7 heavy (non-hydrogen) atoms. The first-order valence-electron chi connectivity index (χ1n) is 1.70. The Morgan fingerprint density at radius 3 is 1.57 bits per heavy atom. The summed E-state index contributed by atoms with van der Waals surface area (Å²) < 4.78 is 9.13. The molecule has 0 aromatic heterocycles. The van der Waals surface area contributed by atoms with E-state index < -0.39 is 0 Å². The van der Waals surface area contributed by atoms with Crippen LogP contribution in [-0.4, -0.2) is 50.1 Å². The van der Waals surface area contributed by atoms with Gasteiger partial charge in [0.25, 0.3) is 0 Å². The summed E-state index contributed by atoms with van der Waals surface area (Å²) in [5.41, 5.74) is 0. The number of methoxy groups -OCH3 is 2. The van der Waals surface area contributed by atoms with Crippen molar-refractivity contribution in [3.05, 3.63) is 6.92 Å². The third-order valence-electron chi connectivity index (χ3n) is 0.526. The minimum atomic E-state index is -0.315. The first-order chi connectivity index (χ1) is 2.81. The van der Waals surface area contributed by atoms with Crippen LogP contribution >= 0.6 is 0 Å². The van der Waals surface area contributed by atoms with Gasteiger partial charge in [-0.15, -0.1) is 0 Å². The molecule has 39 valence electrons. The Labute approximate surface area is 66.5 Å². The van der Waals surface area contributed by atoms with E-state index in [0.717, 1.165) is 0 Å². The molecule has 0 N–H and O–H groups in total. The summed E-state index contributed by atoms with van der Waals surface area (Å²) in [7, 11) is 3.09. The van der Waals surface area contributed by atoms with Crippen molar-refractivity contribution in [3.63, 3.8) is 0 Å². The van der Waals surface area contributed by atoms with Crippen LogP contribution in [0.3, 0.4) is 0 Å². The van der Waals surface area contributed by atoms with E-state index >= 15 is 0 Å². The van der Waals surface area contributed by atoms with Gasteiger partial charge < -0.3 is 9.47 Å². The fraction of sp³-hybridized carbons (Fsp3) is 0.750. The fourth-order valence-corrected chi connectivity index (χ4v) is 0.0962. The molecule has 0 bridgehead atoms. The van der Waals surface area contributed by atoms with Crippen molar-refractivity contribution in [2.24, 2.45) is 0 Å². The van der Waals surface area contributed by atoms with E-state index in [1.807, 2.05) is 0 Å². The van der Waals surface area contributed by atoms with Crippen molar-refractivity contribution in [2.45, 2.75) is 6.29 Å². The molecule has 0 spiro atoms. The van der Waals surface area contributed by atoms with Crippen molar-refractivity contribution in [1.82, 2.24) is 0 Å². The second kappa shape index (κ2) is 6.92. The Morgan fingerprint density at radius 2 is 1.57 bits per heavy atom. The van der Waals surface area contributed by atoms with Gasteiger partial charge >= 0.3 is 29.6 Å². The Morgan fingerprint density at radius 1 is 1.29 bits per heavy atom. The van der Waals surface area contributed by atoms with Gasteiger partial charge in [0.15, 0.2) is 6.29 Å². The zero-order valence-corrected chi connectivity index (χ0v) is 4.10. The van der Waals surface area contributed by atoms with Crippen molar-refractivity contribution < 1.29 is 9.47 Å². The molecular formula is C4H10NaO2. The maximum absolute atomic E-state index is 4.57. The molecule has 0 aliphatic carbocycles. The summed E-state index contributed by atoms with van der Waals surface area (Å²) in [5, 5.41) is 0. The van der Waals surface area contributed by atoms with Gasteiger partial charge in [0.05, 0.1) is 0 Å². The molecular weight excluding hydrogens is 103 g/mol. The molecule has 0 amide bonds. The summed E-state index contributed by atoms with van der Waals surface area (Å²) in [6, 6.07) is 0. The van der Waals surface area contributed by atoms with Gasteiger partial charge in [-0.25, -0.2) is 0 Å². The number of rotatable bonds is 2. The predicted molar refractivity (Wildman–Crippen MR) is 30.3 cm³/mol. The molecule has 0 fully saturated rings. The van der Waals surface area contributed by atoms with E-state index in [9.17, 15) is 0 Å². The molecule has 0 unspecified atom stereocenters. The molecule has 1 radical (unpaired) electrons. The van der Waals surface area contributed by atoms with E-state index in [-0.39, 0.29) is 35.8 Å². The van der Waals surface area contributed by atoms with E-state index in [2.05, 4.69) is 16.4 Å². The minimum absolute atomic E-state index is 0. The Bertz CT molecular complexity index is 28.9. The van der Waals surface area contributed by atoms with Crippen LogP contribution in [0.1, 0.15) is 0 Å². The van der Waals surface area contributed by atoms with Gasteiger partial charge in [-0.05, 0) is 0 Å². The molecule has 0 heterocycles. The molecule has 0 atom stereocenters. The molecule has 0 aliphatic rings. The first kappa shape index (κ1) is 10.8. The average molecular weight is 113 g/mol. The normalized spacial score (nSPS) is 8.57. The SMILES string of the molecule is [CH2]C(OC)OC.[NaH]. The Kier molecular flexibility index (Phi) is 10.7. The van der Waals surface area contributed by atoms with E-state index in [4.69, 9.17) is 0 Å². The second-order valence-corrected chi connectivity index (χ2v) is 0.901. The van der Waals surface area contributed by atoms with Crippen LogP contribution < -0.4 is 0 Å². The van der Waals surface area contributed by atoms with Crippen LogP contribution in [0.4, 0.5) is 0 Å². The molecule has 0 aromatic rings. The molecule has 0 saturated heterocycles. The summed E-state index contributed by atoms with van der Waals surface area (Å²) >= 11 is 0. The molecule has 0 aromatic carbocycles. The van der Waals surface area contributed by atoms with Crippen LogP contribution in [0.25, 0.3) is 0 Å². The zero-order chi connectivity index (χ0) is 4.99. The van der Waals surface area contributed by atoms with Crippen LogP contribution in [-0.2, 0) is 9.47 Å². The van der Waals surface area contributed by atoms with E-state index in [1.165, 1.54) is 0 Å². The summed E-state index contributed by atoms with van der Waals surface area (Å²) in [4.78, 5) is 0. The van der Waals surface area contributed by atoms with Crippen LogP contribution in [0.2, 0.25) is 0 Å². The summed E-state index contributed by atoms with van der Waals surface area (Å²) in [5.74, 6) is 0. The molecule has 0 saturated carbocycles. The number of ether oxygens (including phenoxy) is 2. The quantitative estimate of drug-likeness (QED) is 0.364. The average Bonchev–Trinajstić information content (AvgIpc) is 1.65. The van der Waals surface area contributed by atoms with Gasteiger partial charge in [-0.1, -0.05) is 0 Å². The zero-order valence-electron chi connectivity index (χ0n) is 4.10. The van der Waals surface area contributed by atoms with Gasteiger partial charge in [0.1, 0.15) is 0 Å². The topological polar surface area (TPSA) is 18.5 Å². The second-order valence-electron chi connectivity index (χ2n) is 0.901. The predicted octanol–water partition coefficient (Wildman–Crippen LogP) is -0.209. The first-order valence-corrected chi connectivity index (χ1v) is 1.70. The van der Waals surface area contributed by atoms with Gasteiger partial charge in [0.2, 0.25) is 0 Å². The maximum atomic E-state index is 4.57.